The Kier molecular flexibility index (Phi) is 3.18. The van der Waals surface area contributed by atoms with Gasteiger partial charge in [-0.15, -0.1) is 0 Å². The third-order valence-corrected chi connectivity index (χ3v) is 1.87. The van der Waals surface area contributed by atoms with Crippen molar-refractivity contribution in [1.82, 2.24) is 15.0 Å². The van der Waals surface area contributed by atoms with Gasteiger partial charge in [0.1, 0.15) is 6.61 Å². The van der Waals surface area contributed by atoms with E-state index in [2.05, 4.69) is 15.0 Å². The van der Waals surface area contributed by atoms with Crippen LogP contribution in [0.15, 0.2) is 43.0 Å². The second-order valence-corrected chi connectivity index (χ2v) is 3.00. The van der Waals surface area contributed by atoms with Gasteiger partial charge in [-0.25, -0.2) is 14.8 Å². The molecule has 2 aromatic heterocycles. The van der Waals surface area contributed by atoms with Crippen molar-refractivity contribution >= 4 is 5.97 Å². The zero-order valence-corrected chi connectivity index (χ0v) is 8.41. The summed E-state index contributed by atoms with van der Waals surface area (Å²) in [6.45, 7) is 0.194. The molecule has 0 amide bonds. The molecule has 0 atom stereocenters. The van der Waals surface area contributed by atoms with Gasteiger partial charge in [-0.1, -0.05) is 0 Å². The molecule has 0 aliphatic carbocycles. The minimum Gasteiger partial charge on any atom is -0.455 e. The zero-order valence-electron chi connectivity index (χ0n) is 8.41. The number of rotatable bonds is 3. The molecule has 0 radical (unpaired) electrons. The Bertz CT molecular complexity index is 459. The van der Waals surface area contributed by atoms with Gasteiger partial charge in [0, 0.05) is 24.8 Å². The zero-order chi connectivity index (χ0) is 11.2. The maximum absolute atomic E-state index is 11.5. The van der Waals surface area contributed by atoms with Crippen molar-refractivity contribution in [3.8, 4) is 0 Å². The monoisotopic (exact) mass is 215 g/mol. The largest absolute Gasteiger partial charge is 0.455 e. The second kappa shape index (κ2) is 4.97. The Morgan fingerprint density at radius 1 is 1.12 bits per heavy atom. The molecule has 5 nitrogen and oxygen atoms in total. The molecule has 80 valence electrons. The fourth-order valence-electron chi connectivity index (χ4n) is 1.10. The lowest BCUT2D eigenvalue weighted by Crippen LogP contribution is -2.09. The lowest BCUT2D eigenvalue weighted by Gasteiger charge is -2.02. The van der Waals surface area contributed by atoms with Crippen LogP contribution in [0.25, 0.3) is 0 Å². The third kappa shape index (κ3) is 2.60. The molecule has 0 aliphatic rings. The molecule has 0 bridgehead atoms. The molecule has 0 saturated heterocycles. The first-order valence-electron chi connectivity index (χ1n) is 4.69. The van der Waals surface area contributed by atoms with Gasteiger partial charge in [-0.05, 0) is 23.8 Å². The van der Waals surface area contributed by atoms with E-state index in [0.717, 1.165) is 5.56 Å². The number of carbonyl (C=O) groups excluding carboxylic acids is 1. The summed E-state index contributed by atoms with van der Waals surface area (Å²) >= 11 is 0. The predicted octanol–water partition coefficient (Wildman–Crippen LogP) is 1.23. The SMILES string of the molecule is O=C(OCc1ccncc1)c1ncccn1. The van der Waals surface area contributed by atoms with E-state index in [1.54, 1.807) is 30.6 Å². The molecule has 2 heterocycles. The van der Waals surface area contributed by atoms with E-state index in [9.17, 15) is 4.79 Å². The first-order valence-corrected chi connectivity index (χ1v) is 4.69. The van der Waals surface area contributed by atoms with Crippen molar-refractivity contribution in [2.75, 3.05) is 0 Å². The number of hydrogen-bond acceptors (Lipinski definition) is 5. The van der Waals surface area contributed by atoms with Crippen LogP contribution in [-0.2, 0) is 11.3 Å². The van der Waals surface area contributed by atoms with E-state index < -0.39 is 5.97 Å². The molecule has 2 aromatic rings. The summed E-state index contributed by atoms with van der Waals surface area (Å²) < 4.78 is 5.02. The molecule has 5 heteroatoms. The molecule has 2 rings (SSSR count). The van der Waals surface area contributed by atoms with E-state index >= 15 is 0 Å². The third-order valence-electron chi connectivity index (χ3n) is 1.87. The maximum Gasteiger partial charge on any atom is 0.376 e. The average molecular weight is 215 g/mol. The molecular formula is C11H9N3O2. The summed E-state index contributed by atoms with van der Waals surface area (Å²) in [6.07, 6.45) is 6.27. The van der Waals surface area contributed by atoms with E-state index in [-0.39, 0.29) is 12.4 Å². The summed E-state index contributed by atoms with van der Waals surface area (Å²) in [5.74, 6) is -0.464. The molecular weight excluding hydrogens is 206 g/mol. The minimum absolute atomic E-state index is 0.0663. The quantitative estimate of drug-likeness (QED) is 0.720. The number of aromatic nitrogens is 3. The predicted molar refractivity (Wildman–Crippen MR) is 55.4 cm³/mol. The highest BCUT2D eigenvalue weighted by molar-refractivity contribution is 5.84. The first kappa shape index (κ1) is 10.2. The van der Waals surface area contributed by atoms with Crippen LogP contribution in [0, 0.1) is 0 Å². The standard InChI is InChI=1S/C11H9N3O2/c15-11(10-13-4-1-5-14-10)16-8-9-2-6-12-7-3-9/h1-7H,8H2. The number of hydrogen-bond donors (Lipinski definition) is 0. The Morgan fingerprint density at radius 2 is 1.81 bits per heavy atom. The molecule has 0 spiro atoms. The number of pyridine rings is 1. The summed E-state index contributed by atoms with van der Waals surface area (Å²) in [7, 11) is 0. The molecule has 0 fully saturated rings. The van der Waals surface area contributed by atoms with Crippen molar-refractivity contribution < 1.29 is 9.53 Å². The number of esters is 1. The van der Waals surface area contributed by atoms with Crippen LogP contribution in [0.2, 0.25) is 0 Å². The Labute approximate surface area is 92.2 Å². The Hall–Kier alpha value is -2.30. The first-order chi connectivity index (χ1) is 7.86. The van der Waals surface area contributed by atoms with Crippen molar-refractivity contribution in [3.63, 3.8) is 0 Å². The van der Waals surface area contributed by atoms with E-state index in [4.69, 9.17) is 4.74 Å². The molecule has 0 N–H and O–H groups in total. The fourth-order valence-corrected chi connectivity index (χ4v) is 1.10. The van der Waals surface area contributed by atoms with Gasteiger partial charge in [-0.2, -0.15) is 0 Å². The van der Waals surface area contributed by atoms with Crippen LogP contribution in [0.3, 0.4) is 0 Å². The van der Waals surface area contributed by atoms with Gasteiger partial charge in [0.05, 0.1) is 0 Å². The van der Waals surface area contributed by atoms with E-state index in [0.29, 0.717) is 0 Å². The van der Waals surface area contributed by atoms with Crippen molar-refractivity contribution in [2.24, 2.45) is 0 Å². The van der Waals surface area contributed by atoms with Gasteiger partial charge < -0.3 is 4.74 Å². The number of nitrogens with zero attached hydrogens (tertiary/aromatic N) is 3. The lowest BCUT2D eigenvalue weighted by atomic mass is 10.3. The van der Waals surface area contributed by atoms with Crippen LogP contribution in [-0.4, -0.2) is 20.9 Å². The minimum atomic E-state index is -0.530. The summed E-state index contributed by atoms with van der Waals surface area (Å²) in [4.78, 5) is 22.9. The lowest BCUT2D eigenvalue weighted by molar-refractivity contribution is 0.0458. The van der Waals surface area contributed by atoms with Gasteiger partial charge in [0.25, 0.3) is 0 Å². The van der Waals surface area contributed by atoms with Crippen LogP contribution < -0.4 is 0 Å². The number of carbonyl (C=O) groups is 1. The molecule has 0 aromatic carbocycles. The van der Waals surface area contributed by atoms with Crippen LogP contribution in [0.5, 0.6) is 0 Å². The smallest absolute Gasteiger partial charge is 0.376 e. The van der Waals surface area contributed by atoms with Crippen molar-refractivity contribution in [3.05, 3.63) is 54.4 Å². The van der Waals surface area contributed by atoms with Gasteiger partial charge >= 0.3 is 5.97 Å². The highest BCUT2D eigenvalue weighted by Gasteiger charge is 2.09. The molecule has 0 saturated carbocycles. The summed E-state index contributed by atoms with van der Waals surface area (Å²) in [5.41, 5.74) is 0.874. The normalized spacial score (nSPS) is 9.75. The highest BCUT2D eigenvalue weighted by Crippen LogP contribution is 2.01. The van der Waals surface area contributed by atoms with Gasteiger partial charge in [0.2, 0.25) is 5.82 Å². The van der Waals surface area contributed by atoms with Crippen LogP contribution in [0.4, 0.5) is 0 Å². The van der Waals surface area contributed by atoms with E-state index in [1.807, 2.05) is 0 Å². The van der Waals surface area contributed by atoms with Gasteiger partial charge in [-0.3, -0.25) is 4.98 Å². The Morgan fingerprint density at radius 3 is 2.50 bits per heavy atom. The number of ether oxygens (including phenoxy) is 1. The summed E-state index contributed by atoms with van der Waals surface area (Å²) in [5, 5.41) is 0. The fraction of sp³-hybridized carbons (Fsp3) is 0.0909. The summed E-state index contributed by atoms with van der Waals surface area (Å²) in [6, 6.07) is 5.19. The van der Waals surface area contributed by atoms with Crippen LogP contribution in [0.1, 0.15) is 16.2 Å². The maximum atomic E-state index is 11.5. The average Bonchev–Trinajstić information content (AvgIpc) is 2.38. The van der Waals surface area contributed by atoms with Crippen molar-refractivity contribution in [2.45, 2.75) is 6.61 Å². The van der Waals surface area contributed by atoms with Crippen LogP contribution >= 0.6 is 0 Å². The highest BCUT2D eigenvalue weighted by atomic mass is 16.5. The topological polar surface area (TPSA) is 65.0 Å². The second-order valence-electron chi connectivity index (χ2n) is 3.00. The van der Waals surface area contributed by atoms with E-state index in [1.165, 1.54) is 12.4 Å². The molecule has 0 unspecified atom stereocenters. The van der Waals surface area contributed by atoms with Crippen molar-refractivity contribution in [1.29, 1.82) is 0 Å². The molecule has 16 heavy (non-hydrogen) atoms. The Balaban J connectivity index is 1.95. The van der Waals surface area contributed by atoms with Gasteiger partial charge in [0.15, 0.2) is 0 Å². The molecule has 0 aliphatic heterocycles.